The molecule has 9 amide bonds. The van der Waals surface area contributed by atoms with Crippen molar-refractivity contribution in [3.05, 3.63) is 0 Å². The molecule has 454 valence electrons. The Labute approximate surface area is 470 Å². The number of nitrogens with one attached hydrogen (secondary N) is 9. The van der Waals surface area contributed by atoms with Crippen LogP contribution < -0.4 is 76.5 Å². The van der Waals surface area contributed by atoms with E-state index in [1.165, 1.54) is 64.7 Å². The fourth-order valence-electron chi connectivity index (χ4n) is 8.49. The summed E-state index contributed by atoms with van der Waals surface area (Å²) < 4.78 is 0. The van der Waals surface area contributed by atoms with Gasteiger partial charge in [0.15, 0.2) is 11.9 Å². The number of unbranched alkanes of at least 4 members (excludes halogenated alkanes) is 12. The van der Waals surface area contributed by atoms with E-state index in [4.69, 9.17) is 28.7 Å². The van der Waals surface area contributed by atoms with E-state index in [-0.39, 0.29) is 101 Å². The second-order valence-electron chi connectivity index (χ2n) is 21.3. The first kappa shape index (κ1) is 72.7. The molecule has 7 atom stereocenters. The molecular weight excluding hydrogens is 1020 g/mol. The van der Waals surface area contributed by atoms with Crippen molar-refractivity contribution in [2.24, 2.45) is 50.5 Å². The van der Waals surface area contributed by atoms with Crippen molar-refractivity contribution in [3.63, 3.8) is 0 Å². The van der Waals surface area contributed by atoms with Crippen molar-refractivity contribution in [2.45, 2.75) is 232 Å². The van der Waals surface area contributed by atoms with Gasteiger partial charge in [0.25, 0.3) is 0 Å². The third-order valence-corrected chi connectivity index (χ3v) is 12.9. The standard InChI is InChI=1S/C54H104N16O9/c1-9-11-12-13-14-15-16-17-18-19-20-21-22-27-45(72)65-41(28-31-60-8)51(78)70-43(33-36(5)6)52(79)68-40(26-24-30-62-54(58)59)50(77)67-39(25-23-29-61-53(56)57)49(76)64-37(7)46(73)66-38(10-2)48(75)69-42(32-35(3)4)47(74)63-34-44(55)71/h35-43,60H,9-34H2,1-8H3,(H2,55,71)(H,63,74)(H,64,76)(H,65,72)(H,66,73)(H,67,77)(H,68,79)(H,69,75)(H,70,78)(H4,56,57,61)(H4,58,59,62). The van der Waals surface area contributed by atoms with Crippen molar-refractivity contribution < 1.29 is 43.2 Å². The molecule has 19 N–H and O–H groups in total. The number of guanidine groups is 2. The average molecular weight is 1120 g/mol. The van der Waals surface area contributed by atoms with Crippen molar-refractivity contribution >= 4 is 65.1 Å². The van der Waals surface area contributed by atoms with Gasteiger partial charge < -0.3 is 76.5 Å². The molecule has 0 fully saturated rings. The highest BCUT2D eigenvalue weighted by atomic mass is 16.2. The number of nitrogens with zero attached hydrogens (tertiary/aromatic N) is 2. The van der Waals surface area contributed by atoms with Gasteiger partial charge in [-0.15, -0.1) is 0 Å². The van der Waals surface area contributed by atoms with Gasteiger partial charge in [0.2, 0.25) is 53.2 Å². The van der Waals surface area contributed by atoms with E-state index < -0.39 is 96.1 Å². The van der Waals surface area contributed by atoms with Gasteiger partial charge in [-0.25, -0.2) is 0 Å². The molecule has 0 aliphatic heterocycles. The Kier molecular flexibility index (Phi) is 40.1. The number of carbonyl (C=O) groups excluding carboxylic acids is 9. The molecule has 0 aliphatic carbocycles. The Bertz CT molecular complexity index is 1890. The van der Waals surface area contributed by atoms with Gasteiger partial charge in [-0.2, -0.15) is 0 Å². The predicted molar refractivity (Wildman–Crippen MR) is 309 cm³/mol. The Morgan fingerprint density at radius 1 is 0.418 bits per heavy atom. The largest absolute Gasteiger partial charge is 0.370 e. The third kappa shape index (κ3) is 36.5. The zero-order valence-corrected chi connectivity index (χ0v) is 49.0. The fourth-order valence-corrected chi connectivity index (χ4v) is 8.49. The molecule has 0 aliphatic rings. The first-order valence-corrected chi connectivity index (χ1v) is 28.9. The molecule has 0 heterocycles. The van der Waals surface area contributed by atoms with Gasteiger partial charge in [-0.1, -0.05) is 119 Å². The number of nitrogens with two attached hydrogens (primary N) is 5. The Hall–Kier alpha value is -6.27. The molecule has 25 heteroatoms. The van der Waals surface area contributed by atoms with Crippen LogP contribution in [0.5, 0.6) is 0 Å². The highest BCUT2D eigenvalue weighted by molar-refractivity contribution is 5.97. The van der Waals surface area contributed by atoms with E-state index in [1.54, 1.807) is 14.0 Å². The molecule has 0 saturated carbocycles. The number of hydrogen-bond donors (Lipinski definition) is 14. The van der Waals surface area contributed by atoms with E-state index in [2.05, 4.69) is 64.8 Å². The van der Waals surface area contributed by atoms with Crippen LogP contribution in [0, 0.1) is 11.8 Å². The summed E-state index contributed by atoms with van der Waals surface area (Å²) >= 11 is 0. The molecule has 7 unspecified atom stereocenters. The van der Waals surface area contributed by atoms with E-state index >= 15 is 0 Å². The van der Waals surface area contributed by atoms with Crippen LogP contribution in [0.15, 0.2) is 9.98 Å². The molecule has 0 spiro atoms. The van der Waals surface area contributed by atoms with E-state index in [0.29, 0.717) is 13.0 Å². The second-order valence-corrected chi connectivity index (χ2v) is 21.3. The SMILES string of the molecule is CCCCCCCCCCCCCCCC(=O)NC(CCNC)C(=O)NC(CC(C)C)C(=O)NC(CCCN=C(N)N)C(=O)NC(CCCN=C(N)N)C(=O)NC(C)C(=O)NC(CC)C(=O)NC(CC(C)C)C(=O)NCC(N)=O. The minimum Gasteiger partial charge on any atom is -0.370 e. The minimum absolute atomic E-state index is 0.0107. The number of hydrogen-bond acceptors (Lipinski definition) is 12. The van der Waals surface area contributed by atoms with Crippen LogP contribution in [0.4, 0.5) is 0 Å². The molecule has 0 rings (SSSR count). The summed E-state index contributed by atoms with van der Waals surface area (Å²) in [6.45, 7) is 12.8. The van der Waals surface area contributed by atoms with Gasteiger partial charge in [0, 0.05) is 19.5 Å². The molecule has 0 aromatic rings. The van der Waals surface area contributed by atoms with Crippen LogP contribution in [-0.4, -0.2) is 141 Å². The lowest BCUT2D eigenvalue weighted by atomic mass is 10.0. The topological polar surface area (TPSA) is 417 Å². The quantitative estimate of drug-likeness (QED) is 0.0227. The van der Waals surface area contributed by atoms with Crippen molar-refractivity contribution in [2.75, 3.05) is 33.2 Å². The number of aliphatic imine (C=N–C) groups is 2. The van der Waals surface area contributed by atoms with Crippen LogP contribution >= 0.6 is 0 Å². The second kappa shape index (κ2) is 43.6. The zero-order valence-electron chi connectivity index (χ0n) is 49.0. The third-order valence-electron chi connectivity index (χ3n) is 12.9. The summed E-state index contributed by atoms with van der Waals surface area (Å²) in [6.07, 6.45) is 16.6. The van der Waals surface area contributed by atoms with E-state index in [1.807, 2.05) is 27.7 Å². The number of amides is 9. The number of rotatable bonds is 46. The molecular formula is C54H104N16O9. The summed E-state index contributed by atoms with van der Waals surface area (Å²) in [6, 6.07) is -8.12. The van der Waals surface area contributed by atoms with Gasteiger partial charge >= 0.3 is 0 Å². The van der Waals surface area contributed by atoms with E-state index in [0.717, 1.165) is 19.3 Å². The lowest BCUT2D eigenvalue weighted by Crippen LogP contribution is -2.60. The molecule has 25 nitrogen and oxygen atoms in total. The maximum absolute atomic E-state index is 14.3. The predicted octanol–water partition coefficient (Wildman–Crippen LogP) is 0.702. The van der Waals surface area contributed by atoms with Crippen molar-refractivity contribution in [1.29, 1.82) is 0 Å². The maximum atomic E-state index is 14.3. The van der Waals surface area contributed by atoms with Gasteiger partial charge in [0.1, 0.15) is 42.3 Å². The van der Waals surface area contributed by atoms with Crippen LogP contribution in [0.25, 0.3) is 0 Å². The fraction of sp³-hybridized carbons (Fsp3) is 0.796. The smallest absolute Gasteiger partial charge is 0.243 e. The Morgan fingerprint density at radius 3 is 1.22 bits per heavy atom. The van der Waals surface area contributed by atoms with Crippen molar-refractivity contribution in [3.8, 4) is 0 Å². The normalized spacial score (nSPS) is 13.7. The number of carbonyl (C=O) groups is 9. The first-order valence-electron chi connectivity index (χ1n) is 28.9. The molecule has 0 saturated heterocycles. The van der Waals surface area contributed by atoms with Crippen LogP contribution in [-0.2, 0) is 43.2 Å². The lowest BCUT2D eigenvalue weighted by Gasteiger charge is -2.28. The lowest BCUT2D eigenvalue weighted by molar-refractivity contribution is -0.136. The Balaban J connectivity index is 6.23. The molecule has 0 aromatic carbocycles. The molecule has 0 bridgehead atoms. The summed E-state index contributed by atoms with van der Waals surface area (Å²) in [4.78, 5) is 129. The van der Waals surface area contributed by atoms with Gasteiger partial charge in [-0.05, 0) is 90.1 Å². The summed E-state index contributed by atoms with van der Waals surface area (Å²) in [5.74, 6) is -6.45. The average Bonchev–Trinajstić information content (AvgIpc) is 3.37. The highest BCUT2D eigenvalue weighted by Gasteiger charge is 2.33. The van der Waals surface area contributed by atoms with E-state index in [9.17, 15) is 43.2 Å². The summed E-state index contributed by atoms with van der Waals surface area (Å²) in [5, 5.41) is 24.4. The van der Waals surface area contributed by atoms with Crippen molar-refractivity contribution in [1.82, 2.24) is 47.9 Å². The van der Waals surface area contributed by atoms with Crippen LogP contribution in [0.3, 0.4) is 0 Å². The number of primary amides is 1. The van der Waals surface area contributed by atoms with Gasteiger partial charge in [-0.3, -0.25) is 53.1 Å². The zero-order chi connectivity index (χ0) is 59.7. The summed E-state index contributed by atoms with van der Waals surface area (Å²) in [5.41, 5.74) is 27.3. The Morgan fingerprint density at radius 2 is 0.797 bits per heavy atom. The minimum atomic E-state index is -1.31. The highest BCUT2D eigenvalue weighted by Crippen LogP contribution is 2.14. The monoisotopic (exact) mass is 1120 g/mol. The van der Waals surface area contributed by atoms with Crippen LogP contribution in [0.2, 0.25) is 0 Å². The molecule has 79 heavy (non-hydrogen) atoms. The first-order chi connectivity index (χ1) is 37.4. The maximum Gasteiger partial charge on any atom is 0.243 e. The van der Waals surface area contributed by atoms with Crippen LogP contribution in [0.1, 0.15) is 190 Å². The molecule has 0 aromatic heterocycles. The summed E-state index contributed by atoms with van der Waals surface area (Å²) in [7, 11) is 1.73. The molecule has 0 radical (unpaired) electrons. The van der Waals surface area contributed by atoms with Gasteiger partial charge in [0.05, 0.1) is 6.54 Å².